The van der Waals surface area contributed by atoms with E-state index in [1.54, 1.807) is 6.07 Å². The Morgan fingerprint density at radius 2 is 2.06 bits per heavy atom. The first-order valence-corrected chi connectivity index (χ1v) is 6.87. The molecule has 1 aromatic carbocycles. The molecule has 2 nitrogen and oxygen atoms in total. The molecule has 0 N–H and O–H groups in total. The van der Waals surface area contributed by atoms with Gasteiger partial charge in [0.1, 0.15) is 5.82 Å². The first-order chi connectivity index (χ1) is 8.69. The van der Waals surface area contributed by atoms with Crippen LogP contribution in [0.3, 0.4) is 0 Å². The summed E-state index contributed by atoms with van der Waals surface area (Å²) in [6.45, 7) is 2.62. The van der Waals surface area contributed by atoms with Gasteiger partial charge in [-0.3, -0.25) is 0 Å². The molecular formula is C14H19ClFNO. The molecule has 1 aromatic rings. The van der Waals surface area contributed by atoms with Gasteiger partial charge < -0.3 is 9.64 Å². The van der Waals surface area contributed by atoms with Crippen LogP contribution in [0.4, 0.5) is 10.1 Å². The van der Waals surface area contributed by atoms with Gasteiger partial charge in [-0.05, 0) is 42.5 Å². The molecule has 0 aliphatic carbocycles. The molecule has 1 aliphatic heterocycles. The van der Waals surface area contributed by atoms with E-state index in [-0.39, 0.29) is 5.82 Å². The van der Waals surface area contributed by atoms with E-state index in [4.69, 9.17) is 16.3 Å². The maximum atomic E-state index is 13.4. The predicted molar refractivity (Wildman–Crippen MR) is 72.8 cm³/mol. The van der Waals surface area contributed by atoms with Gasteiger partial charge in [-0.2, -0.15) is 0 Å². The van der Waals surface area contributed by atoms with Crippen LogP contribution in [-0.2, 0) is 10.6 Å². The van der Waals surface area contributed by atoms with Gasteiger partial charge in [-0.1, -0.05) is 0 Å². The molecule has 100 valence electrons. The van der Waals surface area contributed by atoms with Gasteiger partial charge in [0.15, 0.2) is 0 Å². The summed E-state index contributed by atoms with van der Waals surface area (Å²) < 4.78 is 18.8. The minimum Gasteiger partial charge on any atom is -0.381 e. The highest BCUT2D eigenvalue weighted by Gasteiger charge is 2.16. The van der Waals surface area contributed by atoms with Gasteiger partial charge in [0.25, 0.3) is 0 Å². The van der Waals surface area contributed by atoms with Crippen molar-refractivity contribution in [1.82, 2.24) is 0 Å². The van der Waals surface area contributed by atoms with Crippen molar-refractivity contribution in [2.24, 2.45) is 5.92 Å². The van der Waals surface area contributed by atoms with Crippen LogP contribution in [0, 0.1) is 11.7 Å². The Bertz CT molecular complexity index is 393. The third-order valence-corrected chi connectivity index (χ3v) is 3.72. The number of hydrogen-bond donors (Lipinski definition) is 0. The van der Waals surface area contributed by atoms with E-state index >= 15 is 0 Å². The monoisotopic (exact) mass is 271 g/mol. The summed E-state index contributed by atoms with van der Waals surface area (Å²) in [6.07, 6.45) is 2.17. The summed E-state index contributed by atoms with van der Waals surface area (Å²) >= 11 is 5.77. The van der Waals surface area contributed by atoms with Crippen molar-refractivity contribution >= 4 is 17.3 Å². The number of alkyl halides is 1. The van der Waals surface area contributed by atoms with Crippen LogP contribution in [0.15, 0.2) is 18.2 Å². The minimum atomic E-state index is -0.220. The van der Waals surface area contributed by atoms with E-state index in [0.717, 1.165) is 43.9 Å². The third kappa shape index (κ3) is 3.59. The lowest BCUT2D eigenvalue weighted by atomic mass is 9.99. The minimum absolute atomic E-state index is 0.220. The summed E-state index contributed by atoms with van der Waals surface area (Å²) in [5.74, 6) is 0.754. The molecular weight excluding hydrogens is 253 g/mol. The molecule has 2 rings (SSSR count). The van der Waals surface area contributed by atoms with E-state index < -0.39 is 0 Å². The first kappa shape index (κ1) is 13.6. The van der Waals surface area contributed by atoms with Gasteiger partial charge in [0.05, 0.1) is 0 Å². The number of rotatable bonds is 4. The van der Waals surface area contributed by atoms with Crippen molar-refractivity contribution in [1.29, 1.82) is 0 Å². The van der Waals surface area contributed by atoms with E-state index in [1.165, 1.54) is 6.07 Å². The predicted octanol–water partition coefficient (Wildman–Crippen LogP) is 3.43. The number of hydrogen-bond acceptors (Lipinski definition) is 2. The molecule has 0 bridgehead atoms. The molecule has 0 atom stereocenters. The highest BCUT2D eigenvalue weighted by atomic mass is 35.5. The summed E-state index contributed by atoms with van der Waals surface area (Å²) in [4.78, 5) is 2.11. The molecule has 1 fully saturated rings. The molecule has 0 unspecified atom stereocenters. The van der Waals surface area contributed by atoms with Gasteiger partial charge in [0.2, 0.25) is 0 Å². The van der Waals surface area contributed by atoms with E-state index in [0.29, 0.717) is 11.8 Å². The van der Waals surface area contributed by atoms with Crippen molar-refractivity contribution in [2.75, 3.05) is 31.7 Å². The van der Waals surface area contributed by atoms with Gasteiger partial charge >= 0.3 is 0 Å². The van der Waals surface area contributed by atoms with Crippen molar-refractivity contribution < 1.29 is 9.13 Å². The molecule has 18 heavy (non-hydrogen) atoms. The van der Waals surface area contributed by atoms with Crippen LogP contribution < -0.4 is 4.90 Å². The summed E-state index contributed by atoms with van der Waals surface area (Å²) in [7, 11) is 2.00. The lowest BCUT2D eigenvalue weighted by Crippen LogP contribution is -2.29. The quantitative estimate of drug-likeness (QED) is 0.778. The second-order valence-electron chi connectivity index (χ2n) is 4.89. The van der Waals surface area contributed by atoms with Crippen LogP contribution in [-0.4, -0.2) is 26.8 Å². The fourth-order valence-electron chi connectivity index (χ4n) is 2.35. The van der Waals surface area contributed by atoms with Crippen LogP contribution in [0.2, 0.25) is 0 Å². The van der Waals surface area contributed by atoms with Crippen LogP contribution in [0.25, 0.3) is 0 Å². The van der Waals surface area contributed by atoms with E-state index in [9.17, 15) is 4.39 Å². The van der Waals surface area contributed by atoms with Gasteiger partial charge in [-0.25, -0.2) is 4.39 Å². The molecule has 0 saturated carbocycles. The zero-order valence-corrected chi connectivity index (χ0v) is 11.4. The standard InChI is InChI=1S/C14H19ClFNO/c1-17(10-11-2-4-18-5-3-11)14-7-12(9-15)6-13(16)8-14/h6-8,11H,2-5,9-10H2,1H3. The molecule has 0 amide bonds. The molecule has 0 spiro atoms. The summed E-state index contributed by atoms with van der Waals surface area (Å²) in [6, 6.07) is 5.00. The average Bonchev–Trinajstić information content (AvgIpc) is 2.39. The van der Waals surface area contributed by atoms with Crippen molar-refractivity contribution in [3.8, 4) is 0 Å². The Morgan fingerprint density at radius 3 is 2.72 bits per heavy atom. The second-order valence-corrected chi connectivity index (χ2v) is 5.15. The Labute approximate surface area is 113 Å². The third-order valence-electron chi connectivity index (χ3n) is 3.41. The maximum Gasteiger partial charge on any atom is 0.125 e. The molecule has 1 saturated heterocycles. The Morgan fingerprint density at radius 1 is 1.33 bits per heavy atom. The summed E-state index contributed by atoms with van der Waals surface area (Å²) in [5, 5.41) is 0. The van der Waals surface area contributed by atoms with E-state index in [2.05, 4.69) is 4.90 Å². The lowest BCUT2D eigenvalue weighted by molar-refractivity contribution is 0.0685. The SMILES string of the molecule is CN(CC1CCOCC1)c1cc(F)cc(CCl)c1. The number of nitrogens with zero attached hydrogens (tertiary/aromatic N) is 1. The highest BCUT2D eigenvalue weighted by Crippen LogP contribution is 2.22. The molecule has 4 heteroatoms. The molecule has 0 aromatic heterocycles. The van der Waals surface area contributed by atoms with Crippen LogP contribution >= 0.6 is 11.6 Å². The van der Waals surface area contributed by atoms with Crippen LogP contribution in [0.5, 0.6) is 0 Å². The normalized spacial score (nSPS) is 16.8. The fraction of sp³-hybridized carbons (Fsp3) is 0.571. The van der Waals surface area contributed by atoms with Crippen molar-refractivity contribution in [2.45, 2.75) is 18.7 Å². The molecule has 1 aliphatic rings. The molecule has 0 radical (unpaired) electrons. The summed E-state index contributed by atoms with van der Waals surface area (Å²) in [5.41, 5.74) is 1.72. The zero-order chi connectivity index (χ0) is 13.0. The largest absolute Gasteiger partial charge is 0.381 e. The van der Waals surface area contributed by atoms with Crippen molar-refractivity contribution in [3.63, 3.8) is 0 Å². The topological polar surface area (TPSA) is 12.5 Å². The number of ether oxygens (including phenoxy) is 1. The Kier molecular flexibility index (Phi) is 4.84. The highest BCUT2D eigenvalue weighted by molar-refractivity contribution is 6.17. The zero-order valence-electron chi connectivity index (χ0n) is 10.7. The van der Waals surface area contributed by atoms with Gasteiger partial charge in [-0.15, -0.1) is 11.6 Å². The lowest BCUT2D eigenvalue weighted by Gasteiger charge is -2.28. The Balaban J connectivity index is 2.02. The Hall–Kier alpha value is -0.800. The number of halogens is 2. The van der Waals surface area contributed by atoms with Crippen molar-refractivity contribution in [3.05, 3.63) is 29.6 Å². The fourth-order valence-corrected chi connectivity index (χ4v) is 2.51. The maximum absolute atomic E-state index is 13.4. The van der Waals surface area contributed by atoms with E-state index in [1.807, 2.05) is 13.1 Å². The second kappa shape index (κ2) is 6.39. The molecule has 1 heterocycles. The number of benzene rings is 1. The smallest absolute Gasteiger partial charge is 0.125 e. The number of anilines is 1. The average molecular weight is 272 g/mol. The van der Waals surface area contributed by atoms with Gasteiger partial charge in [0, 0.05) is 38.4 Å². The van der Waals surface area contributed by atoms with Crippen LogP contribution in [0.1, 0.15) is 18.4 Å². The first-order valence-electron chi connectivity index (χ1n) is 6.33.